The van der Waals surface area contributed by atoms with E-state index in [0.29, 0.717) is 37.4 Å². The molecule has 1 aliphatic rings. The molecule has 4 nitrogen and oxygen atoms in total. The molecule has 1 aromatic heterocycles. The number of halogens is 4. The van der Waals surface area contributed by atoms with Gasteiger partial charge in [0.2, 0.25) is 11.8 Å². The van der Waals surface area contributed by atoms with Gasteiger partial charge in [-0.15, -0.1) is 0 Å². The molecule has 0 bridgehead atoms. The van der Waals surface area contributed by atoms with Crippen LogP contribution in [-0.4, -0.2) is 35.0 Å². The van der Waals surface area contributed by atoms with E-state index in [0.717, 1.165) is 23.9 Å². The van der Waals surface area contributed by atoms with Crippen LogP contribution in [0.2, 0.25) is 5.02 Å². The fourth-order valence-corrected chi connectivity index (χ4v) is 3.19. The highest BCUT2D eigenvalue weighted by molar-refractivity contribution is 6.30. The summed E-state index contributed by atoms with van der Waals surface area (Å²) < 4.78 is 43.8. The number of likely N-dealkylation sites (tertiary alicyclic amines) is 1. The molecule has 27 heavy (non-hydrogen) atoms. The first-order valence-corrected chi connectivity index (χ1v) is 8.91. The molecule has 0 spiro atoms. The van der Waals surface area contributed by atoms with Crippen molar-refractivity contribution in [3.8, 4) is 5.88 Å². The van der Waals surface area contributed by atoms with Crippen LogP contribution in [0.4, 0.5) is 13.2 Å². The number of aryl methyl sites for hydroxylation is 1. The molecule has 8 heteroatoms. The third kappa shape index (κ3) is 5.35. The summed E-state index contributed by atoms with van der Waals surface area (Å²) in [6.07, 6.45) is -2.26. The van der Waals surface area contributed by atoms with Crippen molar-refractivity contribution in [2.45, 2.75) is 31.5 Å². The summed E-state index contributed by atoms with van der Waals surface area (Å²) in [7, 11) is 0. The highest BCUT2D eigenvalue weighted by Crippen LogP contribution is 2.31. The van der Waals surface area contributed by atoms with Crippen molar-refractivity contribution in [1.82, 2.24) is 9.88 Å². The van der Waals surface area contributed by atoms with Crippen LogP contribution in [0, 0.1) is 0 Å². The number of hydrogen-bond donors (Lipinski definition) is 0. The van der Waals surface area contributed by atoms with E-state index in [4.69, 9.17) is 16.3 Å². The van der Waals surface area contributed by atoms with Gasteiger partial charge in [-0.1, -0.05) is 23.7 Å². The summed E-state index contributed by atoms with van der Waals surface area (Å²) in [5.74, 6) is -0.0962. The van der Waals surface area contributed by atoms with E-state index < -0.39 is 11.7 Å². The Labute approximate surface area is 159 Å². The average molecular weight is 399 g/mol. The first-order chi connectivity index (χ1) is 12.8. The number of ether oxygens (including phenoxy) is 1. The highest BCUT2D eigenvalue weighted by Gasteiger charge is 2.32. The summed E-state index contributed by atoms with van der Waals surface area (Å²) in [5.41, 5.74) is 0.177. The maximum absolute atomic E-state index is 12.8. The Kier molecular flexibility index (Phi) is 5.89. The molecular formula is C19H18ClF3N2O2. The number of carbonyl (C=O) groups excluding carboxylic acids is 1. The molecule has 0 aliphatic carbocycles. The predicted octanol–water partition coefficient (Wildman–Crippen LogP) is 4.37. The van der Waals surface area contributed by atoms with E-state index in [1.54, 1.807) is 11.0 Å². The van der Waals surface area contributed by atoms with Gasteiger partial charge in [0, 0.05) is 36.7 Å². The van der Waals surface area contributed by atoms with Crippen LogP contribution in [0.25, 0.3) is 0 Å². The SMILES string of the molecule is O=C(CCc1cccc(Cl)c1)N1CC[C@@H](Oc2cc(C(F)(F)F)ccn2)C1. The number of aromatic nitrogens is 1. The van der Waals surface area contributed by atoms with E-state index in [9.17, 15) is 18.0 Å². The van der Waals surface area contributed by atoms with Crippen LogP contribution in [0.5, 0.6) is 5.88 Å². The summed E-state index contributed by atoms with van der Waals surface area (Å²) in [6, 6.07) is 9.12. The normalized spacial score (nSPS) is 17.2. The van der Waals surface area contributed by atoms with E-state index in [2.05, 4.69) is 4.98 Å². The van der Waals surface area contributed by atoms with Crippen LogP contribution < -0.4 is 4.74 Å². The quantitative estimate of drug-likeness (QED) is 0.751. The smallest absolute Gasteiger partial charge is 0.416 e. The minimum absolute atomic E-state index is 0.0157. The Hall–Kier alpha value is -2.28. The number of benzene rings is 1. The van der Waals surface area contributed by atoms with Gasteiger partial charge in [-0.2, -0.15) is 13.2 Å². The number of carbonyl (C=O) groups is 1. The lowest BCUT2D eigenvalue weighted by atomic mass is 10.1. The molecule has 2 aromatic rings. The van der Waals surface area contributed by atoms with E-state index in [1.165, 1.54) is 0 Å². The van der Waals surface area contributed by atoms with Crippen LogP contribution in [0.1, 0.15) is 24.0 Å². The monoisotopic (exact) mass is 398 g/mol. The summed E-state index contributed by atoms with van der Waals surface area (Å²) >= 11 is 5.93. The van der Waals surface area contributed by atoms with Crippen molar-refractivity contribution in [3.63, 3.8) is 0 Å². The highest BCUT2D eigenvalue weighted by atomic mass is 35.5. The number of hydrogen-bond acceptors (Lipinski definition) is 3. The summed E-state index contributed by atoms with van der Waals surface area (Å²) in [5, 5.41) is 0.628. The molecule has 0 unspecified atom stereocenters. The molecule has 1 amide bonds. The minimum atomic E-state index is -4.45. The number of nitrogens with zero attached hydrogens (tertiary/aromatic N) is 2. The third-order valence-corrected chi connectivity index (χ3v) is 4.60. The Morgan fingerprint density at radius 2 is 2.11 bits per heavy atom. The van der Waals surface area contributed by atoms with Crippen molar-refractivity contribution in [1.29, 1.82) is 0 Å². The first kappa shape index (κ1) is 19.5. The molecule has 144 valence electrons. The van der Waals surface area contributed by atoms with Gasteiger partial charge in [0.05, 0.1) is 12.1 Å². The Bertz CT molecular complexity index is 814. The Morgan fingerprint density at radius 1 is 1.30 bits per heavy atom. The first-order valence-electron chi connectivity index (χ1n) is 8.53. The van der Waals surface area contributed by atoms with Crippen LogP contribution in [0.15, 0.2) is 42.6 Å². The molecule has 0 N–H and O–H groups in total. The van der Waals surface area contributed by atoms with Crippen LogP contribution >= 0.6 is 11.6 Å². The average Bonchev–Trinajstić information content (AvgIpc) is 3.08. The van der Waals surface area contributed by atoms with Gasteiger partial charge in [-0.05, 0) is 30.2 Å². The number of pyridine rings is 1. The lowest BCUT2D eigenvalue weighted by molar-refractivity contribution is -0.137. The van der Waals surface area contributed by atoms with Crippen molar-refractivity contribution in [2.75, 3.05) is 13.1 Å². The number of alkyl halides is 3. The fourth-order valence-electron chi connectivity index (χ4n) is 2.97. The topological polar surface area (TPSA) is 42.4 Å². The van der Waals surface area contributed by atoms with E-state index >= 15 is 0 Å². The zero-order chi connectivity index (χ0) is 19.4. The van der Waals surface area contributed by atoms with Gasteiger partial charge in [0.25, 0.3) is 0 Å². The predicted molar refractivity (Wildman–Crippen MR) is 94.6 cm³/mol. The second-order valence-electron chi connectivity index (χ2n) is 6.38. The fraction of sp³-hybridized carbons (Fsp3) is 0.368. The Morgan fingerprint density at radius 3 is 2.85 bits per heavy atom. The largest absolute Gasteiger partial charge is 0.472 e. The molecule has 2 heterocycles. The molecule has 3 rings (SSSR count). The molecule has 1 aromatic carbocycles. The van der Waals surface area contributed by atoms with Gasteiger partial charge in [-0.3, -0.25) is 4.79 Å². The second-order valence-corrected chi connectivity index (χ2v) is 6.82. The van der Waals surface area contributed by atoms with Gasteiger partial charge in [0.1, 0.15) is 6.10 Å². The van der Waals surface area contributed by atoms with E-state index in [-0.39, 0.29) is 17.9 Å². The third-order valence-electron chi connectivity index (χ3n) is 4.36. The van der Waals surface area contributed by atoms with Crippen molar-refractivity contribution in [3.05, 3.63) is 58.7 Å². The lowest BCUT2D eigenvalue weighted by Gasteiger charge is -2.17. The zero-order valence-corrected chi connectivity index (χ0v) is 15.1. The second kappa shape index (κ2) is 8.17. The zero-order valence-electron chi connectivity index (χ0n) is 14.4. The van der Waals surface area contributed by atoms with Crippen LogP contribution in [-0.2, 0) is 17.4 Å². The van der Waals surface area contributed by atoms with Crippen molar-refractivity contribution in [2.24, 2.45) is 0 Å². The molecule has 1 fully saturated rings. The maximum atomic E-state index is 12.8. The van der Waals surface area contributed by atoms with Crippen molar-refractivity contribution < 1.29 is 22.7 Å². The minimum Gasteiger partial charge on any atom is -0.472 e. The van der Waals surface area contributed by atoms with E-state index in [1.807, 2.05) is 18.2 Å². The lowest BCUT2D eigenvalue weighted by Crippen LogP contribution is -2.31. The number of rotatable bonds is 5. The summed E-state index contributed by atoms with van der Waals surface area (Å²) in [6.45, 7) is 0.852. The molecule has 0 saturated carbocycles. The van der Waals surface area contributed by atoms with Gasteiger partial charge < -0.3 is 9.64 Å². The summed E-state index contributed by atoms with van der Waals surface area (Å²) in [4.78, 5) is 17.9. The molecule has 1 aliphatic heterocycles. The van der Waals surface area contributed by atoms with Gasteiger partial charge in [0.15, 0.2) is 0 Å². The van der Waals surface area contributed by atoms with Crippen molar-refractivity contribution >= 4 is 17.5 Å². The molecular weight excluding hydrogens is 381 g/mol. The molecule has 1 saturated heterocycles. The molecule has 0 radical (unpaired) electrons. The van der Waals surface area contributed by atoms with Crippen LogP contribution in [0.3, 0.4) is 0 Å². The maximum Gasteiger partial charge on any atom is 0.416 e. The number of amides is 1. The molecule has 1 atom stereocenters. The van der Waals surface area contributed by atoms with Gasteiger partial charge >= 0.3 is 6.18 Å². The Balaban J connectivity index is 1.52. The van der Waals surface area contributed by atoms with Gasteiger partial charge in [-0.25, -0.2) is 4.98 Å². The standard InChI is InChI=1S/C19H18ClF3N2O2/c20-15-3-1-2-13(10-15)4-5-18(26)25-9-7-16(12-25)27-17-11-14(6-8-24-17)19(21,22)23/h1-3,6,8,10-11,16H,4-5,7,9,12H2/t16-/m1/s1.